The Morgan fingerprint density at radius 3 is 2.93 bits per heavy atom. The Balaban J connectivity index is 1.34. The van der Waals surface area contributed by atoms with Gasteiger partial charge in [-0.15, -0.1) is 0 Å². The van der Waals surface area contributed by atoms with E-state index in [1.165, 1.54) is 0 Å². The van der Waals surface area contributed by atoms with Crippen LogP contribution in [0.4, 0.5) is 0 Å². The fraction of sp³-hybridized carbons (Fsp3) is 0.500. The zero-order chi connectivity index (χ0) is 20.9. The first-order valence-electron chi connectivity index (χ1n) is 10.8. The summed E-state index contributed by atoms with van der Waals surface area (Å²) in [4.78, 5) is 17.1. The fourth-order valence-corrected chi connectivity index (χ4v) is 3.90. The van der Waals surface area contributed by atoms with Gasteiger partial charge in [-0.3, -0.25) is 4.57 Å². The molecular weight excluding hydrogens is 380 g/mol. The highest BCUT2D eigenvalue weighted by Gasteiger charge is 2.16. The molecule has 0 radical (unpaired) electrons. The second-order valence-electron chi connectivity index (χ2n) is 7.65. The Hall–Kier alpha value is -3.03. The van der Waals surface area contributed by atoms with Gasteiger partial charge in [-0.25, -0.2) is 14.5 Å². The number of nitrogens with zero attached hydrogens (tertiary/aromatic N) is 4. The third-order valence-corrected chi connectivity index (χ3v) is 5.54. The lowest BCUT2D eigenvalue weighted by Gasteiger charge is -2.11. The van der Waals surface area contributed by atoms with Crippen molar-refractivity contribution < 1.29 is 4.42 Å². The van der Waals surface area contributed by atoms with Crippen molar-refractivity contribution in [3.63, 3.8) is 0 Å². The first kappa shape index (κ1) is 20.3. The molecule has 3 heterocycles. The van der Waals surface area contributed by atoms with E-state index in [0.717, 1.165) is 72.8 Å². The number of fused-ring (bicyclic) bond motifs is 2. The highest BCUT2D eigenvalue weighted by atomic mass is 16.3. The third kappa shape index (κ3) is 4.27. The number of furan rings is 1. The summed E-state index contributed by atoms with van der Waals surface area (Å²) in [5.41, 5.74) is 2.05. The molecule has 1 aliphatic heterocycles. The van der Waals surface area contributed by atoms with Gasteiger partial charge in [0.25, 0.3) is 0 Å². The Kier molecular flexibility index (Phi) is 6.21. The summed E-state index contributed by atoms with van der Waals surface area (Å²) in [5.74, 6) is 2.55. The first-order chi connectivity index (χ1) is 14.7. The number of benzene rings is 1. The van der Waals surface area contributed by atoms with Crippen LogP contribution >= 0.6 is 0 Å². The number of rotatable bonds is 7. The van der Waals surface area contributed by atoms with Gasteiger partial charge in [-0.05, 0) is 39.2 Å². The van der Waals surface area contributed by atoms with Crippen molar-refractivity contribution >= 4 is 16.9 Å². The molecule has 0 unspecified atom stereocenters. The molecule has 0 atom stereocenters. The molecule has 2 aromatic heterocycles. The maximum Gasteiger partial charge on any atom is 0.345 e. The van der Waals surface area contributed by atoms with E-state index in [9.17, 15) is 4.79 Å². The molecule has 0 amide bonds. The van der Waals surface area contributed by atoms with Crippen LogP contribution in [0.2, 0.25) is 0 Å². The van der Waals surface area contributed by atoms with Crippen LogP contribution in [0.5, 0.6) is 0 Å². The topological polar surface area (TPSA) is 89.4 Å². The van der Waals surface area contributed by atoms with Crippen molar-refractivity contribution in [1.82, 2.24) is 25.0 Å². The number of aryl methyl sites for hydroxylation is 3. The summed E-state index contributed by atoms with van der Waals surface area (Å²) in [7, 11) is 0. The van der Waals surface area contributed by atoms with Gasteiger partial charge in [-0.2, -0.15) is 5.10 Å². The normalized spacial score (nSPS) is 14.1. The van der Waals surface area contributed by atoms with Crippen molar-refractivity contribution in [2.45, 2.75) is 59.2 Å². The van der Waals surface area contributed by atoms with E-state index in [1.54, 1.807) is 4.68 Å². The second-order valence-corrected chi connectivity index (χ2v) is 7.65. The monoisotopic (exact) mass is 410 g/mol. The Bertz CT molecular complexity index is 1090. The lowest BCUT2D eigenvalue weighted by atomic mass is 10.1. The number of nitrogens with one attached hydrogen (secondary N) is 2. The number of para-hydroxylation sites is 1. The maximum atomic E-state index is 12.4. The van der Waals surface area contributed by atoms with E-state index in [1.807, 2.05) is 29.7 Å². The number of hydrogen-bond acceptors (Lipinski definition) is 4. The van der Waals surface area contributed by atoms with E-state index >= 15 is 0 Å². The van der Waals surface area contributed by atoms with Gasteiger partial charge in [-0.1, -0.05) is 18.2 Å². The van der Waals surface area contributed by atoms with Crippen LogP contribution in [0.25, 0.3) is 11.0 Å². The van der Waals surface area contributed by atoms with Crippen molar-refractivity contribution in [3.05, 3.63) is 51.9 Å². The SMILES string of the molecule is CCNC(=NCc1oc2ccccc2c1C)NCCCn1nc2n(c1=O)CCCC2. The van der Waals surface area contributed by atoms with Crippen LogP contribution in [0.15, 0.2) is 38.5 Å². The van der Waals surface area contributed by atoms with E-state index in [2.05, 4.69) is 33.7 Å². The molecule has 0 fully saturated rings. The average Bonchev–Trinajstić information content (AvgIpc) is 3.26. The van der Waals surface area contributed by atoms with Gasteiger partial charge < -0.3 is 15.1 Å². The number of hydrogen-bond donors (Lipinski definition) is 2. The van der Waals surface area contributed by atoms with E-state index in [-0.39, 0.29) is 5.69 Å². The predicted molar refractivity (Wildman–Crippen MR) is 118 cm³/mol. The second kappa shape index (κ2) is 9.19. The average molecular weight is 411 g/mol. The minimum absolute atomic E-state index is 0.0191. The van der Waals surface area contributed by atoms with Crippen LogP contribution in [-0.2, 0) is 26.1 Å². The van der Waals surface area contributed by atoms with Crippen LogP contribution < -0.4 is 16.3 Å². The van der Waals surface area contributed by atoms with Crippen molar-refractivity contribution in [1.29, 1.82) is 0 Å². The summed E-state index contributed by atoms with van der Waals surface area (Å²) in [6.45, 7) is 7.47. The van der Waals surface area contributed by atoms with Crippen molar-refractivity contribution in [2.24, 2.45) is 4.99 Å². The van der Waals surface area contributed by atoms with Gasteiger partial charge in [0, 0.05) is 43.5 Å². The standard InChI is InChI=1S/C22H30N6O2/c1-3-23-21(25-15-19-16(2)17-9-4-5-10-18(17)30-19)24-12-8-14-28-22(29)27-13-7-6-11-20(27)26-28/h4-5,9-10H,3,6-8,11-15H2,1-2H3,(H2,23,24,25). The van der Waals surface area contributed by atoms with Crippen molar-refractivity contribution in [2.75, 3.05) is 13.1 Å². The lowest BCUT2D eigenvalue weighted by Crippen LogP contribution is -2.38. The van der Waals surface area contributed by atoms with Gasteiger partial charge in [0.15, 0.2) is 5.96 Å². The molecule has 8 nitrogen and oxygen atoms in total. The number of guanidine groups is 1. The van der Waals surface area contributed by atoms with Gasteiger partial charge in [0.05, 0.1) is 0 Å². The molecule has 4 rings (SSSR count). The highest BCUT2D eigenvalue weighted by Crippen LogP contribution is 2.25. The summed E-state index contributed by atoms with van der Waals surface area (Å²) in [6, 6.07) is 8.05. The highest BCUT2D eigenvalue weighted by molar-refractivity contribution is 5.82. The molecule has 1 aromatic carbocycles. The first-order valence-corrected chi connectivity index (χ1v) is 10.8. The fourth-order valence-electron chi connectivity index (χ4n) is 3.90. The van der Waals surface area contributed by atoms with Crippen LogP contribution in [0.1, 0.15) is 43.3 Å². The summed E-state index contributed by atoms with van der Waals surface area (Å²) in [5, 5.41) is 12.2. The molecule has 0 spiro atoms. The molecular formula is C22H30N6O2. The molecule has 3 aromatic rings. The summed E-state index contributed by atoms with van der Waals surface area (Å²) in [6.07, 6.45) is 3.88. The van der Waals surface area contributed by atoms with E-state index < -0.39 is 0 Å². The lowest BCUT2D eigenvalue weighted by molar-refractivity contribution is 0.509. The minimum atomic E-state index is 0.0191. The largest absolute Gasteiger partial charge is 0.459 e. The number of aromatic nitrogens is 3. The van der Waals surface area contributed by atoms with Crippen LogP contribution in [0, 0.1) is 6.92 Å². The zero-order valence-corrected chi connectivity index (χ0v) is 17.8. The zero-order valence-electron chi connectivity index (χ0n) is 17.8. The quantitative estimate of drug-likeness (QED) is 0.355. The van der Waals surface area contributed by atoms with Crippen LogP contribution in [0.3, 0.4) is 0 Å². The molecule has 0 aliphatic carbocycles. The molecule has 0 bridgehead atoms. The number of aliphatic imine (C=N–C) groups is 1. The maximum absolute atomic E-state index is 12.4. The molecule has 1 aliphatic rings. The van der Waals surface area contributed by atoms with Gasteiger partial charge in [0.1, 0.15) is 23.7 Å². The van der Waals surface area contributed by atoms with E-state index in [4.69, 9.17) is 4.42 Å². The molecule has 30 heavy (non-hydrogen) atoms. The third-order valence-electron chi connectivity index (χ3n) is 5.54. The molecule has 0 saturated carbocycles. The minimum Gasteiger partial charge on any atom is -0.459 e. The summed E-state index contributed by atoms with van der Waals surface area (Å²) >= 11 is 0. The Morgan fingerprint density at radius 2 is 2.13 bits per heavy atom. The Labute approximate surface area is 176 Å². The Morgan fingerprint density at radius 1 is 1.27 bits per heavy atom. The molecule has 160 valence electrons. The molecule has 2 N–H and O–H groups in total. The van der Waals surface area contributed by atoms with Crippen molar-refractivity contribution in [3.8, 4) is 0 Å². The van der Waals surface area contributed by atoms with Crippen LogP contribution in [-0.4, -0.2) is 33.4 Å². The summed E-state index contributed by atoms with van der Waals surface area (Å²) < 4.78 is 9.37. The molecule has 8 heteroatoms. The van der Waals surface area contributed by atoms with E-state index in [0.29, 0.717) is 19.6 Å². The van der Waals surface area contributed by atoms with Gasteiger partial charge >= 0.3 is 5.69 Å². The predicted octanol–water partition coefficient (Wildman–Crippen LogP) is 2.58. The molecule has 0 saturated heterocycles. The smallest absolute Gasteiger partial charge is 0.345 e. The van der Waals surface area contributed by atoms with Gasteiger partial charge in [0.2, 0.25) is 0 Å².